The zero-order valence-corrected chi connectivity index (χ0v) is 11.0. The van der Waals surface area contributed by atoms with Gasteiger partial charge in [-0.15, -0.1) is 0 Å². The minimum absolute atomic E-state index is 0.0557. The van der Waals surface area contributed by atoms with E-state index in [-0.39, 0.29) is 23.9 Å². The predicted octanol–water partition coefficient (Wildman–Crippen LogP) is -0.709. The molecule has 0 saturated carbocycles. The summed E-state index contributed by atoms with van der Waals surface area (Å²) in [5, 5.41) is 17.9. The van der Waals surface area contributed by atoms with Crippen LogP contribution in [0.25, 0.3) is 0 Å². The fourth-order valence-corrected chi connectivity index (χ4v) is 2.60. The molecule has 19 heavy (non-hydrogen) atoms. The molecule has 0 fully saturated rings. The summed E-state index contributed by atoms with van der Waals surface area (Å²) >= 11 is 0. The van der Waals surface area contributed by atoms with Crippen molar-refractivity contribution in [1.29, 1.82) is 0 Å². The highest BCUT2D eigenvalue weighted by Crippen LogP contribution is 2.26. The molecule has 2 rings (SSSR count). The third-order valence-corrected chi connectivity index (χ3v) is 3.78. The Labute approximate surface area is 109 Å². The van der Waals surface area contributed by atoms with Gasteiger partial charge in [0, 0.05) is 6.54 Å². The summed E-state index contributed by atoms with van der Waals surface area (Å²) in [6.45, 7) is 2.31. The van der Waals surface area contributed by atoms with Crippen LogP contribution >= 0.6 is 0 Å². The highest BCUT2D eigenvalue weighted by atomic mass is 32.2. The van der Waals surface area contributed by atoms with Crippen molar-refractivity contribution in [2.24, 2.45) is 5.14 Å². The van der Waals surface area contributed by atoms with Crippen LogP contribution in [0.1, 0.15) is 6.92 Å². The van der Waals surface area contributed by atoms with Crippen molar-refractivity contribution in [3.8, 4) is 5.88 Å². The van der Waals surface area contributed by atoms with Crippen LogP contribution in [0.4, 0.5) is 4.79 Å². The first-order valence-electron chi connectivity index (χ1n) is 5.55. The molecule has 0 saturated heterocycles. The number of hydrogen-bond donors (Lipinski definition) is 2. The van der Waals surface area contributed by atoms with Crippen LogP contribution in [-0.4, -0.2) is 53.5 Å². The molecule has 1 unspecified atom stereocenters. The van der Waals surface area contributed by atoms with Gasteiger partial charge in [0.1, 0.15) is 6.61 Å². The maximum Gasteiger partial charge on any atom is 0.407 e. The number of nitrogens with two attached hydrogens (primary N) is 1. The maximum absolute atomic E-state index is 11.3. The average molecular weight is 290 g/mol. The number of primary sulfonamides is 1. The van der Waals surface area contributed by atoms with Gasteiger partial charge in [-0.2, -0.15) is 5.10 Å². The molecular formula is C9H14N4O5S. The van der Waals surface area contributed by atoms with Crippen LogP contribution in [0.2, 0.25) is 0 Å². The van der Waals surface area contributed by atoms with Crippen LogP contribution in [0.5, 0.6) is 5.88 Å². The molecule has 1 amide bonds. The van der Waals surface area contributed by atoms with Crippen molar-refractivity contribution in [1.82, 2.24) is 14.7 Å². The number of amides is 1. The first kappa shape index (κ1) is 13.6. The number of rotatable bonds is 3. The van der Waals surface area contributed by atoms with E-state index in [1.54, 1.807) is 6.92 Å². The quantitative estimate of drug-likeness (QED) is 0.757. The van der Waals surface area contributed by atoms with Gasteiger partial charge < -0.3 is 14.7 Å². The number of aromatic nitrogens is 2. The largest absolute Gasteiger partial charge is 0.475 e. The molecule has 1 aliphatic heterocycles. The van der Waals surface area contributed by atoms with Crippen LogP contribution in [-0.2, 0) is 16.6 Å². The first-order valence-corrected chi connectivity index (χ1v) is 7.10. The summed E-state index contributed by atoms with van der Waals surface area (Å²) in [5.41, 5.74) is 0. The highest BCUT2D eigenvalue weighted by Gasteiger charge is 2.32. The lowest BCUT2D eigenvalue weighted by molar-refractivity contribution is 0.0763. The summed E-state index contributed by atoms with van der Waals surface area (Å²) < 4.78 is 29.2. The number of likely N-dealkylation sites (N-methyl/N-ethyl adjacent to an activating group) is 1. The summed E-state index contributed by atoms with van der Waals surface area (Å²) in [6.07, 6.45) is 0.0442. The molecular weight excluding hydrogens is 276 g/mol. The Morgan fingerprint density at radius 1 is 1.74 bits per heavy atom. The molecule has 0 aromatic carbocycles. The molecule has 3 N–H and O–H groups in total. The van der Waals surface area contributed by atoms with Crippen molar-refractivity contribution in [3.05, 3.63) is 6.20 Å². The molecule has 1 aliphatic rings. The van der Waals surface area contributed by atoms with Crippen molar-refractivity contribution < 1.29 is 23.1 Å². The second-order valence-corrected chi connectivity index (χ2v) is 5.60. The first-order chi connectivity index (χ1) is 8.84. The summed E-state index contributed by atoms with van der Waals surface area (Å²) in [7, 11) is -3.90. The average Bonchev–Trinajstić information content (AvgIpc) is 2.71. The molecule has 0 aliphatic carbocycles. The standard InChI is InChI=1S/C9H14N4O5S/c1-2-12(9(14)15)6-4-13-8(18-5-6)7(3-11-13)19(10,16)17/h3,6H,2,4-5H2,1H3,(H,14,15)(H2,10,16,17). The van der Waals surface area contributed by atoms with Gasteiger partial charge in [-0.05, 0) is 6.92 Å². The molecule has 1 atom stereocenters. The topological polar surface area (TPSA) is 128 Å². The van der Waals surface area contributed by atoms with Gasteiger partial charge >= 0.3 is 6.09 Å². The Morgan fingerprint density at radius 3 is 2.95 bits per heavy atom. The van der Waals surface area contributed by atoms with Gasteiger partial charge in [0.05, 0.1) is 18.8 Å². The van der Waals surface area contributed by atoms with E-state index in [0.29, 0.717) is 6.54 Å². The molecule has 1 aromatic heterocycles. The second-order valence-electron chi connectivity index (χ2n) is 4.07. The summed E-state index contributed by atoms with van der Waals surface area (Å²) in [5.74, 6) is 0.0557. The highest BCUT2D eigenvalue weighted by molar-refractivity contribution is 7.89. The minimum atomic E-state index is -3.90. The fourth-order valence-electron chi connectivity index (χ4n) is 1.99. The third kappa shape index (κ3) is 2.49. The fraction of sp³-hybridized carbons (Fsp3) is 0.556. The lowest BCUT2D eigenvalue weighted by atomic mass is 10.2. The van der Waals surface area contributed by atoms with Gasteiger partial charge in [0.25, 0.3) is 0 Å². The molecule has 1 aromatic rings. The van der Waals surface area contributed by atoms with E-state index in [1.807, 2.05) is 0 Å². The molecule has 10 heteroatoms. The zero-order valence-electron chi connectivity index (χ0n) is 10.2. The van der Waals surface area contributed by atoms with Crippen LogP contribution in [0.15, 0.2) is 11.1 Å². The molecule has 9 nitrogen and oxygen atoms in total. The van der Waals surface area contributed by atoms with E-state index in [2.05, 4.69) is 5.10 Å². The Balaban J connectivity index is 2.27. The van der Waals surface area contributed by atoms with Crippen molar-refractivity contribution in [3.63, 3.8) is 0 Å². The number of ether oxygens (including phenoxy) is 1. The van der Waals surface area contributed by atoms with E-state index >= 15 is 0 Å². The number of carboxylic acid groups (broad SMARTS) is 1. The molecule has 2 heterocycles. The van der Waals surface area contributed by atoms with Crippen LogP contribution in [0.3, 0.4) is 0 Å². The van der Waals surface area contributed by atoms with Crippen molar-refractivity contribution in [2.45, 2.75) is 24.4 Å². The number of nitrogens with zero attached hydrogens (tertiary/aromatic N) is 3. The molecule has 0 bridgehead atoms. The Hall–Kier alpha value is -1.81. The number of sulfonamides is 1. The Kier molecular flexibility index (Phi) is 3.37. The zero-order chi connectivity index (χ0) is 14.2. The Morgan fingerprint density at radius 2 is 2.42 bits per heavy atom. The van der Waals surface area contributed by atoms with Gasteiger partial charge in [0.15, 0.2) is 4.90 Å². The number of fused-ring (bicyclic) bond motifs is 1. The van der Waals surface area contributed by atoms with Gasteiger partial charge in [-0.25, -0.2) is 23.0 Å². The van der Waals surface area contributed by atoms with Crippen molar-refractivity contribution in [2.75, 3.05) is 13.2 Å². The monoisotopic (exact) mass is 290 g/mol. The van der Waals surface area contributed by atoms with E-state index in [4.69, 9.17) is 15.0 Å². The maximum atomic E-state index is 11.3. The predicted molar refractivity (Wildman–Crippen MR) is 63.3 cm³/mol. The number of carbonyl (C=O) groups is 1. The molecule has 0 radical (unpaired) electrons. The van der Waals surface area contributed by atoms with Crippen LogP contribution in [0, 0.1) is 0 Å². The van der Waals surface area contributed by atoms with Gasteiger partial charge in [-0.3, -0.25) is 0 Å². The molecule has 0 spiro atoms. The molecule has 106 valence electrons. The van der Waals surface area contributed by atoms with Gasteiger partial charge in [-0.1, -0.05) is 0 Å². The minimum Gasteiger partial charge on any atom is -0.475 e. The SMILES string of the molecule is CCN(C(=O)O)C1COc2c(S(N)(=O)=O)cnn2C1. The van der Waals surface area contributed by atoms with Gasteiger partial charge in [0.2, 0.25) is 15.9 Å². The third-order valence-electron chi connectivity index (χ3n) is 2.89. The summed E-state index contributed by atoms with van der Waals surface area (Å²) in [6, 6.07) is -0.414. The second kappa shape index (κ2) is 4.70. The smallest absolute Gasteiger partial charge is 0.407 e. The Bertz CT molecular complexity index is 596. The van der Waals surface area contributed by atoms with Crippen LogP contribution < -0.4 is 9.88 Å². The number of hydrogen-bond acceptors (Lipinski definition) is 5. The van der Waals surface area contributed by atoms with E-state index in [9.17, 15) is 13.2 Å². The van der Waals surface area contributed by atoms with Crippen molar-refractivity contribution >= 4 is 16.1 Å². The van der Waals surface area contributed by atoms with E-state index in [0.717, 1.165) is 6.20 Å². The lowest BCUT2D eigenvalue weighted by Crippen LogP contribution is -2.47. The lowest BCUT2D eigenvalue weighted by Gasteiger charge is -2.31. The van der Waals surface area contributed by atoms with E-state index in [1.165, 1.54) is 9.58 Å². The normalized spacial score (nSPS) is 18.5. The summed E-state index contributed by atoms with van der Waals surface area (Å²) in [4.78, 5) is 12.1. The van der Waals surface area contributed by atoms with E-state index < -0.39 is 22.2 Å².